The van der Waals surface area contributed by atoms with Gasteiger partial charge in [0.15, 0.2) is 0 Å². The van der Waals surface area contributed by atoms with Crippen LogP contribution in [0.25, 0.3) is 22.3 Å². The number of rotatable bonds is 4. The van der Waals surface area contributed by atoms with Gasteiger partial charge in [-0.15, -0.1) is 0 Å². The molecule has 2 heteroatoms. The van der Waals surface area contributed by atoms with Gasteiger partial charge in [0.1, 0.15) is 5.82 Å². The zero-order valence-corrected chi connectivity index (χ0v) is 24.1. The molecule has 0 bridgehead atoms. The van der Waals surface area contributed by atoms with E-state index in [1.807, 2.05) is 0 Å². The lowest BCUT2D eigenvalue weighted by molar-refractivity contribution is 0.564. The van der Waals surface area contributed by atoms with Gasteiger partial charge in [-0.1, -0.05) is 106 Å². The maximum Gasteiger partial charge on any atom is 0.134 e. The average molecular weight is 521 g/mol. The van der Waals surface area contributed by atoms with E-state index in [-0.39, 0.29) is 11.5 Å². The SMILES string of the molecule is CCC1c2ccccc2N(c2cc(C)cc(C)n2)C1c1ccc(-c2cccc3c2-c2ccccc2C3(C)C)cc1. The summed E-state index contributed by atoms with van der Waals surface area (Å²) < 4.78 is 0. The van der Waals surface area contributed by atoms with Crippen molar-refractivity contribution in [1.29, 1.82) is 0 Å². The molecular formula is C38H36N2. The van der Waals surface area contributed by atoms with Crippen molar-refractivity contribution in [2.45, 2.75) is 58.4 Å². The van der Waals surface area contributed by atoms with Gasteiger partial charge in [-0.2, -0.15) is 0 Å². The molecule has 0 spiro atoms. The zero-order valence-electron chi connectivity index (χ0n) is 24.1. The molecule has 2 unspecified atom stereocenters. The molecule has 1 aromatic heterocycles. The predicted molar refractivity (Wildman–Crippen MR) is 168 cm³/mol. The third-order valence-electron chi connectivity index (χ3n) is 9.20. The van der Waals surface area contributed by atoms with Crippen molar-refractivity contribution in [2.75, 3.05) is 4.90 Å². The van der Waals surface area contributed by atoms with Crippen LogP contribution in [-0.2, 0) is 5.41 Å². The van der Waals surface area contributed by atoms with E-state index >= 15 is 0 Å². The number of anilines is 2. The molecule has 0 amide bonds. The fraction of sp³-hybridized carbons (Fsp3) is 0.237. The van der Waals surface area contributed by atoms with E-state index in [9.17, 15) is 0 Å². The van der Waals surface area contributed by atoms with Crippen LogP contribution in [0.4, 0.5) is 11.5 Å². The Morgan fingerprint density at radius 1 is 0.750 bits per heavy atom. The predicted octanol–water partition coefficient (Wildman–Crippen LogP) is 10.1. The monoisotopic (exact) mass is 520 g/mol. The van der Waals surface area contributed by atoms with E-state index in [4.69, 9.17) is 4.98 Å². The Morgan fingerprint density at radius 2 is 1.45 bits per heavy atom. The Hall–Kier alpha value is -4.17. The van der Waals surface area contributed by atoms with Gasteiger partial charge in [-0.05, 0) is 88.5 Å². The third-order valence-corrected chi connectivity index (χ3v) is 9.20. The zero-order chi connectivity index (χ0) is 27.6. The highest BCUT2D eigenvalue weighted by Crippen LogP contribution is 2.54. The lowest BCUT2D eigenvalue weighted by Gasteiger charge is -2.30. The Kier molecular flexibility index (Phi) is 5.71. The molecule has 7 rings (SSSR count). The maximum atomic E-state index is 5.02. The summed E-state index contributed by atoms with van der Waals surface area (Å²) >= 11 is 0. The molecule has 0 fully saturated rings. The van der Waals surface area contributed by atoms with Gasteiger partial charge in [0.2, 0.25) is 0 Å². The van der Waals surface area contributed by atoms with Gasteiger partial charge in [-0.3, -0.25) is 0 Å². The molecule has 1 aliphatic heterocycles. The van der Waals surface area contributed by atoms with Gasteiger partial charge < -0.3 is 4.90 Å². The first-order chi connectivity index (χ1) is 19.4. The van der Waals surface area contributed by atoms with Crippen molar-refractivity contribution in [1.82, 2.24) is 4.98 Å². The second kappa shape index (κ2) is 9.20. The van der Waals surface area contributed by atoms with Crippen LogP contribution in [0.1, 0.15) is 72.7 Å². The summed E-state index contributed by atoms with van der Waals surface area (Å²) in [5.74, 6) is 1.44. The first-order valence-electron chi connectivity index (χ1n) is 14.6. The normalized spacial score (nSPS) is 18.4. The largest absolute Gasteiger partial charge is 0.318 e. The lowest BCUT2D eigenvalue weighted by Crippen LogP contribution is -2.23. The fourth-order valence-corrected chi connectivity index (χ4v) is 7.41. The summed E-state index contributed by atoms with van der Waals surface area (Å²) in [6, 6.07) is 38.6. The summed E-state index contributed by atoms with van der Waals surface area (Å²) in [4.78, 5) is 7.51. The second-order valence-corrected chi connectivity index (χ2v) is 12.1. The number of pyridine rings is 1. The fourth-order valence-electron chi connectivity index (χ4n) is 7.41. The second-order valence-electron chi connectivity index (χ2n) is 12.1. The number of para-hydroxylation sites is 1. The molecule has 2 atom stereocenters. The van der Waals surface area contributed by atoms with Crippen LogP contribution in [0, 0.1) is 13.8 Å². The standard InChI is InChI=1S/C38H36N2/c1-6-28-30-12-8-10-17-34(30)40(35-23-24(2)22-25(3)39-35)37(28)27-20-18-26(19-21-27)29-14-11-16-33-36(29)31-13-7-9-15-32(31)38(33,4)5/h7-23,28,37H,6H2,1-5H3. The van der Waals surface area contributed by atoms with Gasteiger partial charge >= 0.3 is 0 Å². The van der Waals surface area contributed by atoms with E-state index in [2.05, 4.69) is 143 Å². The smallest absolute Gasteiger partial charge is 0.134 e. The van der Waals surface area contributed by atoms with Crippen molar-refractivity contribution in [3.63, 3.8) is 0 Å². The average Bonchev–Trinajstić information content (AvgIpc) is 3.42. The quantitative estimate of drug-likeness (QED) is 0.234. The highest BCUT2D eigenvalue weighted by Gasteiger charge is 2.40. The van der Waals surface area contributed by atoms with Crippen molar-refractivity contribution in [2.24, 2.45) is 0 Å². The van der Waals surface area contributed by atoms with E-state index in [1.165, 1.54) is 55.8 Å². The van der Waals surface area contributed by atoms with Crippen molar-refractivity contribution in [3.05, 3.63) is 137 Å². The van der Waals surface area contributed by atoms with Gasteiger partial charge in [0.05, 0.1) is 6.04 Å². The molecular weight excluding hydrogens is 484 g/mol. The minimum absolute atomic E-state index is 0.00525. The van der Waals surface area contributed by atoms with E-state index in [0.29, 0.717) is 5.92 Å². The number of hydrogen-bond acceptors (Lipinski definition) is 2. The number of nitrogens with zero attached hydrogens (tertiary/aromatic N) is 2. The highest BCUT2D eigenvalue weighted by molar-refractivity contribution is 5.92. The molecule has 4 aromatic carbocycles. The highest BCUT2D eigenvalue weighted by atomic mass is 15.2. The van der Waals surface area contributed by atoms with Crippen molar-refractivity contribution >= 4 is 11.5 Å². The molecule has 198 valence electrons. The molecule has 2 heterocycles. The molecule has 0 radical (unpaired) electrons. The van der Waals surface area contributed by atoms with Crippen LogP contribution in [0.2, 0.25) is 0 Å². The van der Waals surface area contributed by atoms with E-state index in [0.717, 1.165) is 17.9 Å². The van der Waals surface area contributed by atoms with Crippen LogP contribution < -0.4 is 4.90 Å². The Balaban J connectivity index is 1.34. The number of hydrogen-bond donors (Lipinski definition) is 0. The minimum Gasteiger partial charge on any atom is -0.318 e. The minimum atomic E-state index is 0.00525. The molecule has 1 aliphatic carbocycles. The van der Waals surface area contributed by atoms with Gasteiger partial charge in [0, 0.05) is 22.7 Å². The van der Waals surface area contributed by atoms with Crippen LogP contribution in [0.3, 0.4) is 0 Å². The molecule has 0 saturated carbocycles. The molecule has 0 saturated heterocycles. The van der Waals surface area contributed by atoms with E-state index < -0.39 is 0 Å². The summed E-state index contributed by atoms with van der Waals surface area (Å²) in [5.41, 5.74) is 14.5. The molecule has 0 N–H and O–H groups in total. The number of aryl methyl sites for hydroxylation is 2. The molecule has 5 aromatic rings. The number of aromatic nitrogens is 1. The number of benzene rings is 4. The molecule has 2 aliphatic rings. The topological polar surface area (TPSA) is 16.1 Å². The Labute approximate surface area is 238 Å². The Bertz CT molecular complexity index is 1720. The van der Waals surface area contributed by atoms with Crippen LogP contribution in [0.5, 0.6) is 0 Å². The first-order valence-corrected chi connectivity index (χ1v) is 14.6. The first kappa shape index (κ1) is 24.8. The summed E-state index contributed by atoms with van der Waals surface area (Å²) in [5, 5.41) is 0. The Morgan fingerprint density at radius 3 is 2.23 bits per heavy atom. The van der Waals surface area contributed by atoms with Crippen LogP contribution >= 0.6 is 0 Å². The number of fused-ring (bicyclic) bond motifs is 4. The third kappa shape index (κ3) is 3.66. The molecule has 2 nitrogen and oxygen atoms in total. The van der Waals surface area contributed by atoms with Gasteiger partial charge in [0.25, 0.3) is 0 Å². The maximum absolute atomic E-state index is 5.02. The lowest BCUT2D eigenvalue weighted by atomic mass is 9.82. The van der Waals surface area contributed by atoms with Crippen LogP contribution in [0.15, 0.2) is 103 Å². The van der Waals surface area contributed by atoms with E-state index in [1.54, 1.807) is 0 Å². The van der Waals surface area contributed by atoms with Crippen molar-refractivity contribution < 1.29 is 0 Å². The van der Waals surface area contributed by atoms with Gasteiger partial charge in [-0.25, -0.2) is 4.98 Å². The van der Waals surface area contributed by atoms with Crippen LogP contribution in [-0.4, -0.2) is 4.98 Å². The summed E-state index contributed by atoms with van der Waals surface area (Å²) in [7, 11) is 0. The molecule has 40 heavy (non-hydrogen) atoms. The van der Waals surface area contributed by atoms with Crippen molar-refractivity contribution in [3.8, 4) is 22.3 Å². The summed E-state index contributed by atoms with van der Waals surface area (Å²) in [6.45, 7) is 11.3. The summed E-state index contributed by atoms with van der Waals surface area (Å²) in [6.07, 6.45) is 1.07.